The molecule has 0 spiro atoms. The van der Waals surface area contributed by atoms with Crippen LogP contribution in [-0.4, -0.2) is 20.4 Å². The molecule has 3 aromatic rings. The van der Waals surface area contributed by atoms with Crippen LogP contribution < -0.4 is 9.62 Å². The van der Waals surface area contributed by atoms with E-state index in [9.17, 15) is 13.2 Å². The summed E-state index contributed by atoms with van der Waals surface area (Å²) in [6.07, 6.45) is 0.782. The Balaban J connectivity index is 2.11. The number of amides is 1. The zero-order valence-corrected chi connectivity index (χ0v) is 18.0. The van der Waals surface area contributed by atoms with Gasteiger partial charge in [-0.1, -0.05) is 67.6 Å². The Morgan fingerprint density at radius 2 is 1.47 bits per heavy atom. The highest BCUT2D eigenvalue weighted by Crippen LogP contribution is 2.29. The highest BCUT2D eigenvalue weighted by atomic mass is 32.2. The summed E-state index contributed by atoms with van der Waals surface area (Å²) in [4.78, 5) is 13.1. The molecule has 0 aliphatic rings. The molecule has 0 aliphatic carbocycles. The number of para-hydroxylation sites is 1. The maximum atomic E-state index is 13.6. The molecule has 1 unspecified atom stereocenters. The van der Waals surface area contributed by atoms with Crippen molar-refractivity contribution >= 4 is 21.6 Å². The van der Waals surface area contributed by atoms with E-state index in [4.69, 9.17) is 0 Å². The molecule has 6 heteroatoms. The van der Waals surface area contributed by atoms with Gasteiger partial charge >= 0.3 is 0 Å². The van der Waals surface area contributed by atoms with Crippen LogP contribution in [-0.2, 0) is 16.6 Å². The molecule has 0 aromatic heterocycles. The Morgan fingerprint density at radius 3 is 2.10 bits per heavy atom. The lowest BCUT2D eigenvalue weighted by atomic mass is 10.1. The third-order valence-electron chi connectivity index (χ3n) is 4.91. The number of carbonyl (C=O) groups excluding carboxylic acids is 1. The summed E-state index contributed by atoms with van der Waals surface area (Å²) < 4.78 is 28.5. The molecule has 30 heavy (non-hydrogen) atoms. The number of hydrogen-bond acceptors (Lipinski definition) is 3. The van der Waals surface area contributed by atoms with Crippen LogP contribution in [0.2, 0.25) is 0 Å². The summed E-state index contributed by atoms with van der Waals surface area (Å²) in [6, 6.07) is 24.4. The molecular weight excluding hydrogens is 396 g/mol. The summed E-state index contributed by atoms with van der Waals surface area (Å²) in [6.45, 7) is 4.02. The molecule has 156 valence electrons. The quantitative estimate of drug-likeness (QED) is 0.576. The fourth-order valence-electron chi connectivity index (χ4n) is 3.06. The lowest BCUT2D eigenvalue weighted by molar-refractivity contribution is 0.0940. The van der Waals surface area contributed by atoms with Crippen molar-refractivity contribution < 1.29 is 13.2 Å². The van der Waals surface area contributed by atoms with Crippen molar-refractivity contribution in [2.75, 3.05) is 4.31 Å². The molecule has 0 aliphatic heterocycles. The maximum absolute atomic E-state index is 13.6. The van der Waals surface area contributed by atoms with Gasteiger partial charge in [0.2, 0.25) is 0 Å². The van der Waals surface area contributed by atoms with Gasteiger partial charge in [0.1, 0.15) is 0 Å². The largest absolute Gasteiger partial charge is 0.350 e. The smallest absolute Gasteiger partial charge is 0.264 e. The number of nitrogens with one attached hydrogen (secondary N) is 1. The molecule has 1 amide bonds. The van der Waals surface area contributed by atoms with E-state index in [1.54, 1.807) is 54.6 Å². The fraction of sp³-hybridized carbons (Fsp3) is 0.208. The van der Waals surface area contributed by atoms with E-state index in [1.807, 2.05) is 44.2 Å². The van der Waals surface area contributed by atoms with E-state index in [2.05, 4.69) is 5.32 Å². The predicted molar refractivity (Wildman–Crippen MR) is 120 cm³/mol. The topological polar surface area (TPSA) is 66.5 Å². The number of carbonyl (C=O) groups is 1. The molecule has 1 N–H and O–H groups in total. The second-order valence-electron chi connectivity index (χ2n) is 7.11. The summed E-state index contributed by atoms with van der Waals surface area (Å²) in [5, 5.41) is 2.94. The van der Waals surface area contributed by atoms with Crippen molar-refractivity contribution in [1.82, 2.24) is 5.32 Å². The summed E-state index contributed by atoms with van der Waals surface area (Å²) in [5.74, 6) is -0.290. The third kappa shape index (κ3) is 4.89. The van der Waals surface area contributed by atoms with Gasteiger partial charge in [0.15, 0.2) is 0 Å². The lowest BCUT2D eigenvalue weighted by Crippen LogP contribution is -2.36. The SMILES string of the molecule is CCC(C)NC(=O)c1ccccc1N(Cc1ccccc1)S(=O)(=O)c1ccccc1. The summed E-state index contributed by atoms with van der Waals surface area (Å²) >= 11 is 0. The molecule has 5 nitrogen and oxygen atoms in total. The second kappa shape index (κ2) is 9.59. The van der Waals surface area contributed by atoms with Crippen LogP contribution in [0.4, 0.5) is 5.69 Å². The van der Waals surface area contributed by atoms with Crippen LogP contribution in [0.5, 0.6) is 0 Å². The molecule has 3 aromatic carbocycles. The van der Waals surface area contributed by atoms with Crippen LogP contribution >= 0.6 is 0 Å². The number of benzene rings is 3. The molecule has 0 fully saturated rings. The van der Waals surface area contributed by atoms with Crippen molar-refractivity contribution in [3.8, 4) is 0 Å². The first-order valence-electron chi connectivity index (χ1n) is 9.95. The molecule has 1 atom stereocenters. The van der Waals surface area contributed by atoms with Gasteiger partial charge in [0.05, 0.1) is 22.7 Å². The monoisotopic (exact) mass is 422 g/mol. The van der Waals surface area contributed by atoms with Crippen LogP contribution in [0, 0.1) is 0 Å². The van der Waals surface area contributed by atoms with Gasteiger partial charge in [-0.25, -0.2) is 8.42 Å². The first kappa shape index (κ1) is 21.6. The average molecular weight is 423 g/mol. The summed E-state index contributed by atoms with van der Waals surface area (Å²) in [5.41, 5.74) is 1.51. The minimum Gasteiger partial charge on any atom is -0.350 e. The zero-order valence-electron chi connectivity index (χ0n) is 17.2. The molecule has 0 bridgehead atoms. The second-order valence-corrected chi connectivity index (χ2v) is 8.97. The van der Waals surface area contributed by atoms with Crippen molar-refractivity contribution in [1.29, 1.82) is 0 Å². The lowest BCUT2D eigenvalue weighted by Gasteiger charge is -2.27. The normalized spacial score (nSPS) is 12.2. The fourth-order valence-corrected chi connectivity index (χ4v) is 4.55. The van der Waals surface area contributed by atoms with Crippen molar-refractivity contribution in [3.05, 3.63) is 96.1 Å². The molecule has 3 rings (SSSR count). The van der Waals surface area contributed by atoms with Gasteiger partial charge in [-0.2, -0.15) is 0 Å². The van der Waals surface area contributed by atoms with E-state index in [0.717, 1.165) is 12.0 Å². The Labute approximate surface area is 178 Å². The van der Waals surface area contributed by atoms with Crippen LogP contribution in [0.1, 0.15) is 36.2 Å². The minimum atomic E-state index is -3.89. The number of nitrogens with zero attached hydrogens (tertiary/aromatic N) is 1. The van der Waals surface area contributed by atoms with E-state index >= 15 is 0 Å². The Morgan fingerprint density at radius 1 is 0.900 bits per heavy atom. The highest BCUT2D eigenvalue weighted by Gasteiger charge is 2.28. The molecule has 0 heterocycles. The van der Waals surface area contributed by atoms with E-state index in [0.29, 0.717) is 11.3 Å². The molecule has 0 saturated carbocycles. The Hall–Kier alpha value is -3.12. The average Bonchev–Trinajstić information content (AvgIpc) is 2.78. The number of sulfonamides is 1. The van der Waals surface area contributed by atoms with Gasteiger partial charge in [-0.3, -0.25) is 9.10 Å². The first-order chi connectivity index (χ1) is 14.4. The molecule has 0 radical (unpaired) electrons. The first-order valence-corrected chi connectivity index (χ1v) is 11.4. The third-order valence-corrected chi connectivity index (χ3v) is 6.68. The highest BCUT2D eigenvalue weighted by molar-refractivity contribution is 7.92. The minimum absolute atomic E-state index is 0.0149. The van der Waals surface area contributed by atoms with Gasteiger partial charge in [-0.05, 0) is 43.2 Å². The van der Waals surface area contributed by atoms with Gasteiger partial charge in [0.25, 0.3) is 15.9 Å². The maximum Gasteiger partial charge on any atom is 0.264 e. The number of anilines is 1. The number of rotatable bonds is 8. The van der Waals surface area contributed by atoms with E-state index in [-0.39, 0.29) is 23.4 Å². The van der Waals surface area contributed by atoms with E-state index in [1.165, 1.54) is 4.31 Å². The van der Waals surface area contributed by atoms with Crippen molar-refractivity contribution in [3.63, 3.8) is 0 Å². The zero-order chi connectivity index (χ0) is 21.6. The molecular formula is C24H26N2O3S. The standard InChI is InChI=1S/C24H26N2O3S/c1-3-19(2)25-24(27)22-16-10-11-17-23(22)26(18-20-12-6-4-7-13-20)30(28,29)21-14-8-5-9-15-21/h4-17,19H,3,18H2,1-2H3,(H,25,27). The summed E-state index contributed by atoms with van der Waals surface area (Å²) in [7, 11) is -3.89. The Kier molecular flexibility index (Phi) is 6.90. The number of hydrogen-bond donors (Lipinski definition) is 1. The molecule has 0 saturated heterocycles. The predicted octanol–water partition coefficient (Wildman–Crippen LogP) is 4.61. The van der Waals surface area contributed by atoms with E-state index < -0.39 is 10.0 Å². The van der Waals surface area contributed by atoms with Crippen molar-refractivity contribution in [2.45, 2.75) is 37.8 Å². The Bertz CT molecular complexity index is 1080. The van der Waals surface area contributed by atoms with Gasteiger partial charge in [0, 0.05) is 6.04 Å². The van der Waals surface area contributed by atoms with Crippen LogP contribution in [0.3, 0.4) is 0 Å². The van der Waals surface area contributed by atoms with Crippen LogP contribution in [0.25, 0.3) is 0 Å². The van der Waals surface area contributed by atoms with Gasteiger partial charge in [-0.15, -0.1) is 0 Å². The van der Waals surface area contributed by atoms with Crippen LogP contribution in [0.15, 0.2) is 89.8 Å². The van der Waals surface area contributed by atoms with Crippen molar-refractivity contribution in [2.24, 2.45) is 0 Å². The van der Waals surface area contributed by atoms with Gasteiger partial charge < -0.3 is 5.32 Å².